The van der Waals surface area contributed by atoms with E-state index >= 15 is 0 Å². The van der Waals surface area contributed by atoms with Crippen LogP contribution in [0.25, 0.3) is 0 Å². The number of hydrogen-bond acceptors (Lipinski definition) is 6. The van der Waals surface area contributed by atoms with Gasteiger partial charge in [-0.3, -0.25) is 10.0 Å². The minimum Gasteiger partial charge on any atom is -0.365 e. The van der Waals surface area contributed by atoms with Crippen LogP contribution in [0, 0.1) is 0 Å². The molecule has 2 atom stereocenters. The Morgan fingerprint density at radius 1 is 1.11 bits per heavy atom. The summed E-state index contributed by atoms with van der Waals surface area (Å²) in [4.78, 5) is 15.3. The number of hydrogen-bond donors (Lipinski definition) is 2. The average Bonchev–Trinajstić information content (AvgIpc) is 3.28. The molecule has 2 fully saturated rings. The van der Waals surface area contributed by atoms with Gasteiger partial charge in [-0.05, 0) is 36.8 Å². The smallest absolute Gasteiger partial charge is 0.365 e. The van der Waals surface area contributed by atoms with Crippen LogP contribution in [0.15, 0.2) is 36.4 Å². The molecule has 1 aromatic heterocycles. The molecule has 2 aliphatic heterocycles. The van der Waals surface area contributed by atoms with Crippen molar-refractivity contribution in [2.24, 2.45) is 0 Å². The third kappa shape index (κ3) is 3.16. The Hall–Kier alpha value is -2.88. The number of piperazine rings is 1. The largest absolute Gasteiger partial charge is 0.416 e. The second kappa shape index (κ2) is 6.38. The van der Waals surface area contributed by atoms with Crippen molar-refractivity contribution < 1.29 is 23.2 Å². The van der Waals surface area contributed by atoms with Crippen LogP contribution in [-0.2, 0) is 6.18 Å². The fraction of sp³-hybridized carbons (Fsp3) is 0.353. The Labute approximate surface area is 152 Å². The number of anilines is 2. The predicted molar refractivity (Wildman–Crippen MR) is 89.6 cm³/mol. The Kier molecular flexibility index (Phi) is 4.14. The van der Waals surface area contributed by atoms with Gasteiger partial charge < -0.3 is 9.80 Å². The molecule has 142 valence electrons. The minimum atomic E-state index is -4.36. The number of alkyl halides is 3. The first-order chi connectivity index (χ1) is 12.9. The molecule has 1 amide bonds. The lowest BCUT2D eigenvalue weighted by Crippen LogP contribution is -2.47. The summed E-state index contributed by atoms with van der Waals surface area (Å²) < 4.78 is 38.9. The minimum absolute atomic E-state index is 0.00352. The molecular formula is C17H16F3N5O2. The van der Waals surface area contributed by atoms with Gasteiger partial charge in [0, 0.05) is 24.8 Å². The van der Waals surface area contributed by atoms with Gasteiger partial charge >= 0.3 is 6.18 Å². The first kappa shape index (κ1) is 17.5. The van der Waals surface area contributed by atoms with Crippen LogP contribution in [0.1, 0.15) is 22.5 Å². The summed E-state index contributed by atoms with van der Waals surface area (Å²) in [6.07, 6.45) is -3.55. The SMILES string of the molecule is O=C(NO)c1ccc(N2CC3CC2CN3c2cccc(C(F)(F)F)c2)nn1. The molecule has 0 spiro atoms. The number of nitrogens with one attached hydrogen (secondary N) is 1. The van der Waals surface area contributed by atoms with E-state index in [1.165, 1.54) is 23.7 Å². The number of benzene rings is 1. The van der Waals surface area contributed by atoms with E-state index in [-0.39, 0.29) is 17.8 Å². The number of nitrogens with zero attached hydrogens (tertiary/aromatic N) is 4. The molecule has 2 unspecified atom stereocenters. The Bertz CT molecular complexity index is 858. The highest BCUT2D eigenvalue weighted by molar-refractivity contribution is 5.91. The third-order valence-corrected chi connectivity index (χ3v) is 5.02. The molecule has 1 aromatic carbocycles. The number of carbonyl (C=O) groups excluding carboxylic acids is 1. The number of carbonyl (C=O) groups is 1. The Balaban J connectivity index is 1.49. The number of halogens is 3. The Morgan fingerprint density at radius 2 is 1.85 bits per heavy atom. The molecule has 2 aliphatic rings. The summed E-state index contributed by atoms with van der Waals surface area (Å²) in [6, 6.07) is 8.69. The van der Waals surface area contributed by atoms with Gasteiger partial charge in [-0.2, -0.15) is 13.2 Å². The normalized spacial score (nSPS) is 21.6. The van der Waals surface area contributed by atoms with Crippen LogP contribution < -0.4 is 15.3 Å². The van der Waals surface area contributed by atoms with Crippen LogP contribution in [-0.4, -0.2) is 46.5 Å². The first-order valence-corrected chi connectivity index (χ1v) is 8.35. The number of fused-ring (bicyclic) bond motifs is 2. The van der Waals surface area contributed by atoms with Crippen LogP contribution >= 0.6 is 0 Å². The second-order valence-electron chi connectivity index (χ2n) is 6.61. The molecule has 0 saturated carbocycles. The van der Waals surface area contributed by atoms with Gasteiger partial charge in [-0.25, -0.2) is 5.48 Å². The maximum Gasteiger partial charge on any atom is 0.416 e. The molecule has 10 heteroatoms. The summed E-state index contributed by atoms with van der Waals surface area (Å²) >= 11 is 0. The zero-order valence-corrected chi connectivity index (χ0v) is 14.0. The van der Waals surface area contributed by atoms with E-state index in [0.29, 0.717) is 24.6 Å². The van der Waals surface area contributed by atoms with Gasteiger partial charge in [-0.15, -0.1) is 10.2 Å². The van der Waals surface area contributed by atoms with Crippen molar-refractivity contribution in [3.63, 3.8) is 0 Å². The van der Waals surface area contributed by atoms with Crippen molar-refractivity contribution in [2.75, 3.05) is 22.9 Å². The highest BCUT2D eigenvalue weighted by atomic mass is 19.4. The molecule has 27 heavy (non-hydrogen) atoms. The van der Waals surface area contributed by atoms with Gasteiger partial charge in [0.05, 0.1) is 11.6 Å². The fourth-order valence-electron chi connectivity index (χ4n) is 3.78. The standard InChI is InChI=1S/C17H16F3N5O2/c18-17(19,20)10-2-1-3-11(6-10)24-8-13-7-12(24)9-25(13)15-5-4-14(21-22-15)16(26)23-27/h1-6,12-13,27H,7-9H2,(H,23,26). The molecule has 2 bridgehead atoms. The zero-order valence-electron chi connectivity index (χ0n) is 14.0. The van der Waals surface area contributed by atoms with Crippen molar-refractivity contribution in [1.29, 1.82) is 0 Å². The third-order valence-electron chi connectivity index (χ3n) is 5.02. The number of rotatable bonds is 3. The average molecular weight is 379 g/mol. The Morgan fingerprint density at radius 3 is 2.44 bits per heavy atom. The van der Waals surface area contributed by atoms with Gasteiger partial charge in [0.2, 0.25) is 0 Å². The molecule has 2 aromatic rings. The lowest BCUT2D eigenvalue weighted by atomic mass is 10.1. The van der Waals surface area contributed by atoms with Crippen molar-refractivity contribution in [3.8, 4) is 0 Å². The molecule has 3 heterocycles. The van der Waals surface area contributed by atoms with E-state index in [4.69, 9.17) is 5.21 Å². The molecule has 7 nitrogen and oxygen atoms in total. The zero-order chi connectivity index (χ0) is 19.2. The van der Waals surface area contributed by atoms with E-state index in [1.807, 2.05) is 9.80 Å². The lowest BCUT2D eigenvalue weighted by Gasteiger charge is -2.36. The highest BCUT2D eigenvalue weighted by Gasteiger charge is 2.44. The van der Waals surface area contributed by atoms with E-state index in [9.17, 15) is 18.0 Å². The van der Waals surface area contributed by atoms with Crippen LogP contribution in [0.3, 0.4) is 0 Å². The maximum atomic E-state index is 13.0. The molecule has 4 rings (SSSR count). The van der Waals surface area contributed by atoms with Gasteiger partial charge in [0.1, 0.15) is 0 Å². The summed E-state index contributed by atoms with van der Waals surface area (Å²) in [5.74, 6) is -0.145. The summed E-state index contributed by atoms with van der Waals surface area (Å²) in [5, 5.41) is 16.4. The lowest BCUT2D eigenvalue weighted by molar-refractivity contribution is -0.137. The molecule has 0 aliphatic carbocycles. The first-order valence-electron chi connectivity index (χ1n) is 8.35. The molecule has 2 N–H and O–H groups in total. The molecular weight excluding hydrogens is 363 g/mol. The predicted octanol–water partition coefficient (Wildman–Crippen LogP) is 2.08. The van der Waals surface area contributed by atoms with Gasteiger partial charge in [0.25, 0.3) is 5.91 Å². The monoisotopic (exact) mass is 379 g/mol. The number of aromatic nitrogens is 2. The highest BCUT2D eigenvalue weighted by Crippen LogP contribution is 2.38. The number of amides is 1. The summed E-state index contributed by atoms with van der Waals surface area (Å²) in [5.41, 5.74) is 1.41. The van der Waals surface area contributed by atoms with E-state index in [0.717, 1.165) is 12.5 Å². The second-order valence-corrected chi connectivity index (χ2v) is 6.61. The van der Waals surface area contributed by atoms with Gasteiger partial charge in [0.15, 0.2) is 11.5 Å². The molecule has 2 saturated heterocycles. The van der Waals surface area contributed by atoms with Crippen LogP contribution in [0.5, 0.6) is 0 Å². The number of hydroxylamine groups is 1. The van der Waals surface area contributed by atoms with Crippen LogP contribution in [0.2, 0.25) is 0 Å². The maximum absolute atomic E-state index is 13.0. The van der Waals surface area contributed by atoms with Crippen molar-refractivity contribution >= 4 is 17.4 Å². The van der Waals surface area contributed by atoms with Crippen LogP contribution in [0.4, 0.5) is 24.7 Å². The molecule has 0 radical (unpaired) electrons. The van der Waals surface area contributed by atoms with Crippen molar-refractivity contribution in [1.82, 2.24) is 15.7 Å². The van der Waals surface area contributed by atoms with Crippen molar-refractivity contribution in [3.05, 3.63) is 47.7 Å². The fourth-order valence-corrected chi connectivity index (χ4v) is 3.78. The van der Waals surface area contributed by atoms with E-state index < -0.39 is 17.6 Å². The van der Waals surface area contributed by atoms with E-state index in [2.05, 4.69) is 10.2 Å². The summed E-state index contributed by atoms with van der Waals surface area (Å²) in [7, 11) is 0. The quantitative estimate of drug-likeness (QED) is 0.628. The van der Waals surface area contributed by atoms with Crippen molar-refractivity contribution in [2.45, 2.75) is 24.7 Å². The van der Waals surface area contributed by atoms with E-state index in [1.54, 1.807) is 12.1 Å². The van der Waals surface area contributed by atoms with Gasteiger partial charge in [-0.1, -0.05) is 6.07 Å². The summed E-state index contributed by atoms with van der Waals surface area (Å²) in [6.45, 7) is 1.20. The topological polar surface area (TPSA) is 81.6 Å².